The molecule has 0 fully saturated rings. The molecule has 0 saturated carbocycles. The maximum atomic E-state index is 6.21. The molecule has 5 heteroatoms. The second kappa shape index (κ2) is 5.43. The van der Waals surface area contributed by atoms with Crippen LogP contribution in [0.2, 0.25) is 5.02 Å². The van der Waals surface area contributed by atoms with Crippen molar-refractivity contribution in [3.63, 3.8) is 0 Å². The van der Waals surface area contributed by atoms with Gasteiger partial charge in [-0.05, 0) is 42.7 Å². The Bertz CT molecular complexity index is 1060. The number of hydrogen-bond donors (Lipinski definition) is 0. The van der Waals surface area contributed by atoms with Crippen molar-refractivity contribution in [1.82, 2.24) is 14.8 Å². The van der Waals surface area contributed by atoms with Gasteiger partial charge in [0, 0.05) is 28.4 Å². The Hall–Kier alpha value is -2.17. The number of nitrogens with zero attached hydrogens (tertiary/aromatic N) is 3. The zero-order chi connectivity index (χ0) is 16.1. The predicted molar refractivity (Wildman–Crippen MR) is 99.6 cm³/mol. The predicted octanol–water partition coefficient (Wildman–Crippen LogP) is 5.43. The van der Waals surface area contributed by atoms with Gasteiger partial charge < -0.3 is 0 Å². The van der Waals surface area contributed by atoms with E-state index in [1.165, 1.54) is 21.5 Å². The van der Waals surface area contributed by atoms with E-state index in [4.69, 9.17) is 16.7 Å². The van der Waals surface area contributed by atoms with Crippen molar-refractivity contribution in [3.8, 4) is 22.4 Å². The largest absolute Gasteiger partial charge is 0.268 e. The van der Waals surface area contributed by atoms with E-state index in [9.17, 15) is 0 Å². The summed E-state index contributed by atoms with van der Waals surface area (Å²) in [6, 6.07) is 14.5. The standard InChI is InChI=1S/C19H14ClN3S/c20-14-4-1-3-13(9-14)19-18(16-5-2-8-23(16)22-19)12-6-7-15-17(10-12)24-11-21-15/h1,3-4,6-7,9-11H,2,5,8H2. The molecule has 24 heavy (non-hydrogen) atoms. The molecule has 3 heterocycles. The van der Waals surface area contributed by atoms with Gasteiger partial charge in [-0.1, -0.05) is 29.8 Å². The second-order valence-electron chi connectivity index (χ2n) is 6.04. The third kappa shape index (κ3) is 2.18. The Morgan fingerprint density at radius 1 is 1.08 bits per heavy atom. The van der Waals surface area contributed by atoms with E-state index in [0.717, 1.165) is 41.2 Å². The smallest absolute Gasteiger partial charge is 0.100 e. The first kappa shape index (κ1) is 14.2. The van der Waals surface area contributed by atoms with Crippen molar-refractivity contribution in [1.29, 1.82) is 0 Å². The molecule has 118 valence electrons. The van der Waals surface area contributed by atoms with Crippen molar-refractivity contribution < 1.29 is 0 Å². The highest BCUT2D eigenvalue weighted by atomic mass is 35.5. The Labute approximate surface area is 148 Å². The molecule has 4 aromatic rings. The summed E-state index contributed by atoms with van der Waals surface area (Å²) < 4.78 is 3.37. The number of hydrogen-bond acceptors (Lipinski definition) is 3. The van der Waals surface area contributed by atoms with E-state index in [0.29, 0.717) is 0 Å². The van der Waals surface area contributed by atoms with Crippen LogP contribution in [0.4, 0.5) is 0 Å². The van der Waals surface area contributed by atoms with Gasteiger partial charge in [0.25, 0.3) is 0 Å². The summed E-state index contributed by atoms with van der Waals surface area (Å²) in [7, 11) is 0. The summed E-state index contributed by atoms with van der Waals surface area (Å²) in [6.45, 7) is 0.992. The minimum absolute atomic E-state index is 0.740. The van der Waals surface area contributed by atoms with Gasteiger partial charge in [0.1, 0.15) is 5.69 Å². The number of benzene rings is 2. The lowest BCUT2D eigenvalue weighted by Crippen LogP contribution is -1.94. The van der Waals surface area contributed by atoms with E-state index in [1.807, 2.05) is 23.7 Å². The highest BCUT2D eigenvalue weighted by Crippen LogP contribution is 2.39. The number of thiazole rings is 1. The maximum absolute atomic E-state index is 6.21. The Morgan fingerprint density at radius 3 is 2.96 bits per heavy atom. The van der Waals surface area contributed by atoms with Crippen LogP contribution in [0.15, 0.2) is 48.0 Å². The average molecular weight is 352 g/mol. The zero-order valence-corrected chi connectivity index (χ0v) is 14.4. The molecule has 5 rings (SSSR count). The highest BCUT2D eigenvalue weighted by Gasteiger charge is 2.24. The van der Waals surface area contributed by atoms with Crippen LogP contribution in [0.5, 0.6) is 0 Å². The molecule has 0 N–H and O–H groups in total. The summed E-state index contributed by atoms with van der Waals surface area (Å²) in [5.74, 6) is 0. The van der Waals surface area contributed by atoms with E-state index in [-0.39, 0.29) is 0 Å². The van der Waals surface area contributed by atoms with Crippen LogP contribution >= 0.6 is 22.9 Å². The van der Waals surface area contributed by atoms with Gasteiger partial charge >= 0.3 is 0 Å². The summed E-state index contributed by atoms with van der Waals surface area (Å²) in [5.41, 5.74) is 8.83. The quantitative estimate of drug-likeness (QED) is 0.482. The molecule has 0 radical (unpaired) electrons. The van der Waals surface area contributed by atoms with Crippen molar-refractivity contribution in [2.24, 2.45) is 0 Å². The van der Waals surface area contributed by atoms with Gasteiger partial charge in [-0.15, -0.1) is 11.3 Å². The number of fused-ring (bicyclic) bond motifs is 2. The molecule has 0 bridgehead atoms. The van der Waals surface area contributed by atoms with Crippen LogP contribution in [-0.2, 0) is 13.0 Å². The van der Waals surface area contributed by atoms with Gasteiger partial charge in [0.2, 0.25) is 0 Å². The minimum Gasteiger partial charge on any atom is -0.268 e. The molecule has 0 unspecified atom stereocenters. The number of halogens is 1. The minimum atomic E-state index is 0.740. The lowest BCUT2D eigenvalue weighted by atomic mass is 9.98. The lowest BCUT2D eigenvalue weighted by Gasteiger charge is -2.06. The molecular formula is C19H14ClN3S. The van der Waals surface area contributed by atoms with Gasteiger partial charge in [-0.25, -0.2) is 4.98 Å². The molecule has 0 atom stereocenters. The van der Waals surface area contributed by atoms with Crippen molar-refractivity contribution in [3.05, 3.63) is 58.7 Å². The molecule has 3 nitrogen and oxygen atoms in total. The topological polar surface area (TPSA) is 30.7 Å². The van der Waals surface area contributed by atoms with Crippen LogP contribution in [0.1, 0.15) is 12.1 Å². The normalized spacial score (nSPS) is 13.5. The highest BCUT2D eigenvalue weighted by molar-refractivity contribution is 7.16. The molecule has 0 saturated heterocycles. The molecule has 1 aliphatic heterocycles. The van der Waals surface area contributed by atoms with Crippen molar-refractivity contribution in [2.45, 2.75) is 19.4 Å². The van der Waals surface area contributed by atoms with E-state index >= 15 is 0 Å². The Balaban J connectivity index is 1.77. The third-order valence-electron chi connectivity index (χ3n) is 4.56. The third-order valence-corrected chi connectivity index (χ3v) is 5.59. The fourth-order valence-electron chi connectivity index (χ4n) is 3.48. The average Bonchev–Trinajstić information content (AvgIpc) is 3.29. The van der Waals surface area contributed by atoms with Crippen molar-refractivity contribution in [2.75, 3.05) is 0 Å². The summed E-state index contributed by atoms with van der Waals surface area (Å²) >= 11 is 7.89. The molecule has 1 aliphatic rings. The molecule has 2 aromatic heterocycles. The molecule has 0 aliphatic carbocycles. The zero-order valence-electron chi connectivity index (χ0n) is 12.9. The number of rotatable bonds is 2. The fraction of sp³-hybridized carbons (Fsp3) is 0.158. The first-order chi connectivity index (χ1) is 11.8. The van der Waals surface area contributed by atoms with Gasteiger partial charge in [0.05, 0.1) is 15.7 Å². The maximum Gasteiger partial charge on any atom is 0.100 e. The SMILES string of the molecule is Clc1cccc(-c2nn3c(c2-c2ccc4ncsc4c2)CCC3)c1. The second-order valence-corrected chi connectivity index (χ2v) is 7.36. The van der Waals surface area contributed by atoms with Crippen molar-refractivity contribution >= 4 is 33.2 Å². The monoisotopic (exact) mass is 351 g/mol. The van der Waals surface area contributed by atoms with E-state index in [2.05, 4.69) is 33.9 Å². The van der Waals surface area contributed by atoms with Crippen LogP contribution in [0, 0.1) is 0 Å². The van der Waals surface area contributed by atoms with E-state index in [1.54, 1.807) is 11.3 Å². The first-order valence-corrected chi connectivity index (χ1v) is 9.24. The number of aryl methyl sites for hydroxylation is 1. The lowest BCUT2D eigenvalue weighted by molar-refractivity contribution is 0.659. The number of aromatic nitrogens is 3. The Morgan fingerprint density at radius 2 is 2.04 bits per heavy atom. The molecule has 0 spiro atoms. The summed E-state index contributed by atoms with van der Waals surface area (Å²) in [4.78, 5) is 4.39. The Kier molecular flexibility index (Phi) is 3.21. The molecule has 2 aromatic carbocycles. The van der Waals surface area contributed by atoms with Crippen LogP contribution in [-0.4, -0.2) is 14.8 Å². The summed E-state index contributed by atoms with van der Waals surface area (Å²) in [5, 5.41) is 5.63. The molecule has 0 amide bonds. The molecular weight excluding hydrogens is 338 g/mol. The van der Waals surface area contributed by atoms with Crippen LogP contribution in [0.25, 0.3) is 32.6 Å². The van der Waals surface area contributed by atoms with Gasteiger partial charge in [-0.3, -0.25) is 4.68 Å². The first-order valence-electron chi connectivity index (χ1n) is 7.99. The van der Waals surface area contributed by atoms with Gasteiger partial charge in [0.15, 0.2) is 0 Å². The summed E-state index contributed by atoms with van der Waals surface area (Å²) in [6.07, 6.45) is 2.23. The van der Waals surface area contributed by atoms with Gasteiger partial charge in [-0.2, -0.15) is 5.10 Å². The van der Waals surface area contributed by atoms with Crippen LogP contribution < -0.4 is 0 Å². The van der Waals surface area contributed by atoms with E-state index < -0.39 is 0 Å². The fourth-order valence-corrected chi connectivity index (χ4v) is 4.39. The van der Waals surface area contributed by atoms with Crippen LogP contribution in [0.3, 0.4) is 0 Å².